The van der Waals surface area contributed by atoms with Gasteiger partial charge in [0.15, 0.2) is 0 Å². The average molecular weight is 283 g/mol. The van der Waals surface area contributed by atoms with Gasteiger partial charge in [0.1, 0.15) is 6.07 Å². The van der Waals surface area contributed by atoms with Gasteiger partial charge in [0.2, 0.25) is 0 Å². The summed E-state index contributed by atoms with van der Waals surface area (Å²) >= 11 is 3.34. The molecule has 86 valence electrons. The Balaban J connectivity index is 2.70. The molecule has 1 aromatic carbocycles. The second kappa shape index (κ2) is 6.51. The van der Waals surface area contributed by atoms with Gasteiger partial charge in [0.05, 0.1) is 17.9 Å². The Morgan fingerprint density at radius 2 is 2.31 bits per heavy atom. The number of nitriles is 1. The molecule has 16 heavy (non-hydrogen) atoms. The van der Waals surface area contributed by atoms with E-state index >= 15 is 0 Å². The monoisotopic (exact) mass is 282 g/mol. The molecule has 4 heteroatoms. The van der Waals surface area contributed by atoms with Gasteiger partial charge in [-0.25, -0.2) is 0 Å². The highest BCUT2D eigenvalue weighted by Gasteiger charge is 2.06. The van der Waals surface area contributed by atoms with Gasteiger partial charge in [-0.2, -0.15) is 5.26 Å². The van der Waals surface area contributed by atoms with E-state index in [0.717, 1.165) is 10.2 Å². The third kappa shape index (κ3) is 3.84. The summed E-state index contributed by atoms with van der Waals surface area (Å²) in [7, 11) is 0. The fourth-order valence-electron chi connectivity index (χ4n) is 1.34. The van der Waals surface area contributed by atoms with Crippen molar-refractivity contribution in [3.63, 3.8) is 0 Å². The molecule has 0 aliphatic rings. The van der Waals surface area contributed by atoms with Gasteiger partial charge in [-0.05, 0) is 32.0 Å². The molecule has 1 unspecified atom stereocenters. The first-order chi connectivity index (χ1) is 7.67. The minimum Gasteiger partial charge on any atom is -0.380 e. The smallest absolute Gasteiger partial charge is 0.101 e. The highest BCUT2D eigenvalue weighted by Crippen LogP contribution is 2.20. The standard InChI is InChI=1S/C12H15BrN2O/c1-3-16-8-9(2)15-12-5-4-11(13)6-10(12)7-14/h4-6,9,15H,3,8H2,1-2H3. The van der Waals surface area contributed by atoms with E-state index < -0.39 is 0 Å². The summed E-state index contributed by atoms with van der Waals surface area (Å²) in [5, 5.41) is 12.2. The molecule has 1 atom stereocenters. The first-order valence-corrected chi connectivity index (χ1v) is 6.00. The van der Waals surface area contributed by atoms with Crippen LogP contribution in [0.1, 0.15) is 19.4 Å². The van der Waals surface area contributed by atoms with Crippen molar-refractivity contribution < 1.29 is 4.74 Å². The van der Waals surface area contributed by atoms with E-state index in [4.69, 9.17) is 10.00 Å². The van der Waals surface area contributed by atoms with Gasteiger partial charge >= 0.3 is 0 Å². The van der Waals surface area contributed by atoms with Crippen molar-refractivity contribution in [2.75, 3.05) is 18.5 Å². The molecule has 3 nitrogen and oxygen atoms in total. The van der Waals surface area contributed by atoms with E-state index in [2.05, 4.69) is 27.3 Å². The van der Waals surface area contributed by atoms with E-state index in [1.165, 1.54) is 0 Å². The SMILES string of the molecule is CCOCC(C)Nc1ccc(Br)cc1C#N. The van der Waals surface area contributed by atoms with Crippen molar-refractivity contribution in [1.82, 2.24) is 0 Å². The van der Waals surface area contributed by atoms with Crippen LogP contribution in [0.25, 0.3) is 0 Å². The maximum atomic E-state index is 8.99. The van der Waals surface area contributed by atoms with E-state index in [0.29, 0.717) is 18.8 Å². The minimum absolute atomic E-state index is 0.188. The number of nitrogens with zero attached hydrogens (tertiary/aromatic N) is 1. The zero-order valence-corrected chi connectivity index (χ0v) is 11.0. The Labute approximate surface area is 105 Å². The molecule has 0 saturated carbocycles. The molecule has 0 spiro atoms. The van der Waals surface area contributed by atoms with Crippen LogP contribution in [0.4, 0.5) is 5.69 Å². The van der Waals surface area contributed by atoms with Crippen molar-refractivity contribution >= 4 is 21.6 Å². The number of benzene rings is 1. The number of anilines is 1. The second-order valence-corrected chi connectivity index (χ2v) is 4.42. The first-order valence-electron chi connectivity index (χ1n) is 5.21. The number of rotatable bonds is 5. The predicted octanol–water partition coefficient (Wildman–Crippen LogP) is 3.16. The van der Waals surface area contributed by atoms with Crippen LogP contribution in [0.5, 0.6) is 0 Å². The highest BCUT2D eigenvalue weighted by atomic mass is 79.9. The molecule has 0 saturated heterocycles. The van der Waals surface area contributed by atoms with Crippen LogP contribution >= 0.6 is 15.9 Å². The first kappa shape index (κ1) is 13.0. The Hall–Kier alpha value is -1.05. The molecule has 0 fully saturated rings. The van der Waals surface area contributed by atoms with Crippen molar-refractivity contribution in [2.45, 2.75) is 19.9 Å². The topological polar surface area (TPSA) is 45.0 Å². The molecule has 0 aliphatic carbocycles. The van der Waals surface area contributed by atoms with Crippen molar-refractivity contribution in [2.24, 2.45) is 0 Å². The van der Waals surface area contributed by atoms with Crippen LogP contribution in [-0.4, -0.2) is 19.3 Å². The van der Waals surface area contributed by atoms with Crippen molar-refractivity contribution in [1.29, 1.82) is 5.26 Å². The molecule has 0 bridgehead atoms. The van der Waals surface area contributed by atoms with Gasteiger partial charge in [0, 0.05) is 17.1 Å². The predicted molar refractivity (Wildman–Crippen MR) is 68.4 cm³/mol. The number of hydrogen-bond donors (Lipinski definition) is 1. The van der Waals surface area contributed by atoms with Crippen LogP contribution in [0.2, 0.25) is 0 Å². The van der Waals surface area contributed by atoms with Crippen molar-refractivity contribution in [3.8, 4) is 6.07 Å². The van der Waals surface area contributed by atoms with E-state index in [1.54, 1.807) is 6.07 Å². The van der Waals surface area contributed by atoms with Gasteiger partial charge < -0.3 is 10.1 Å². The lowest BCUT2D eigenvalue weighted by Crippen LogP contribution is -2.22. The molecular formula is C12H15BrN2O. The Morgan fingerprint density at radius 3 is 2.94 bits per heavy atom. The van der Waals surface area contributed by atoms with E-state index in [1.807, 2.05) is 26.0 Å². The normalized spacial score (nSPS) is 11.9. The molecule has 0 radical (unpaired) electrons. The molecule has 0 aromatic heterocycles. The summed E-state index contributed by atoms with van der Waals surface area (Å²) in [5.74, 6) is 0. The van der Waals surface area contributed by atoms with Crippen LogP contribution in [0.3, 0.4) is 0 Å². The molecule has 0 heterocycles. The number of hydrogen-bond acceptors (Lipinski definition) is 3. The summed E-state index contributed by atoms with van der Waals surface area (Å²) < 4.78 is 6.22. The fourth-order valence-corrected chi connectivity index (χ4v) is 1.70. The largest absolute Gasteiger partial charge is 0.380 e. The van der Waals surface area contributed by atoms with E-state index in [-0.39, 0.29) is 6.04 Å². The van der Waals surface area contributed by atoms with Crippen LogP contribution < -0.4 is 5.32 Å². The van der Waals surface area contributed by atoms with Gasteiger partial charge in [-0.3, -0.25) is 0 Å². The average Bonchev–Trinajstić information content (AvgIpc) is 2.28. The summed E-state index contributed by atoms with van der Waals surface area (Å²) in [6.45, 7) is 5.33. The highest BCUT2D eigenvalue weighted by molar-refractivity contribution is 9.10. The second-order valence-electron chi connectivity index (χ2n) is 3.51. The summed E-state index contributed by atoms with van der Waals surface area (Å²) in [4.78, 5) is 0. The quantitative estimate of drug-likeness (QED) is 0.902. The zero-order valence-electron chi connectivity index (χ0n) is 9.46. The Bertz CT molecular complexity index is 387. The maximum Gasteiger partial charge on any atom is 0.101 e. The van der Waals surface area contributed by atoms with E-state index in [9.17, 15) is 0 Å². The molecule has 0 amide bonds. The molecule has 0 aliphatic heterocycles. The summed E-state index contributed by atoms with van der Waals surface area (Å²) in [6, 6.07) is 7.96. The summed E-state index contributed by atoms with van der Waals surface area (Å²) in [6.07, 6.45) is 0. The van der Waals surface area contributed by atoms with Crippen LogP contribution in [0.15, 0.2) is 22.7 Å². The zero-order chi connectivity index (χ0) is 12.0. The number of nitrogens with one attached hydrogen (secondary N) is 1. The van der Waals surface area contributed by atoms with Crippen molar-refractivity contribution in [3.05, 3.63) is 28.2 Å². The number of halogens is 1. The maximum absolute atomic E-state index is 8.99. The van der Waals surface area contributed by atoms with Gasteiger partial charge in [0.25, 0.3) is 0 Å². The van der Waals surface area contributed by atoms with Gasteiger partial charge in [-0.1, -0.05) is 15.9 Å². The van der Waals surface area contributed by atoms with Gasteiger partial charge in [-0.15, -0.1) is 0 Å². The lowest BCUT2D eigenvalue weighted by molar-refractivity contribution is 0.141. The Morgan fingerprint density at radius 1 is 1.56 bits per heavy atom. The minimum atomic E-state index is 0.188. The molecule has 1 N–H and O–H groups in total. The fraction of sp³-hybridized carbons (Fsp3) is 0.417. The molecular weight excluding hydrogens is 268 g/mol. The van der Waals surface area contributed by atoms with Crippen LogP contribution in [0, 0.1) is 11.3 Å². The lowest BCUT2D eigenvalue weighted by atomic mass is 10.2. The Kier molecular flexibility index (Phi) is 5.30. The third-order valence-electron chi connectivity index (χ3n) is 2.08. The number of ether oxygens (including phenoxy) is 1. The third-order valence-corrected chi connectivity index (χ3v) is 2.57. The van der Waals surface area contributed by atoms with Crippen LogP contribution in [-0.2, 0) is 4.74 Å². The summed E-state index contributed by atoms with van der Waals surface area (Å²) in [5.41, 5.74) is 1.48. The lowest BCUT2D eigenvalue weighted by Gasteiger charge is -2.16. The molecule has 1 rings (SSSR count). The molecule has 1 aromatic rings.